The summed E-state index contributed by atoms with van der Waals surface area (Å²) in [7, 11) is 5.03. The van der Waals surface area contributed by atoms with Crippen LogP contribution in [-0.2, 0) is 9.53 Å². The van der Waals surface area contributed by atoms with E-state index in [0.717, 1.165) is 0 Å². The fourth-order valence-electron chi connectivity index (χ4n) is 1.79. The van der Waals surface area contributed by atoms with E-state index in [0.29, 0.717) is 18.7 Å². The summed E-state index contributed by atoms with van der Waals surface area (Å²) in [5.74, 6) is -0.598. The average Bonchev–Trinajstić information content (AvgIpc) is 2.43. The number of likely N-dealkylation sites (N-methyl/N-ethyl adjacent to an activating group) is 1. The standard InChI is InChI=1S/C14H20F2N2O3/c1-18(2)9-8-17-12(13(19)20-3)10-6-4-5-7-11(10)21-14(15)16/h4-7,12,14,17H,8-9H2,1-3H3. The zero-order chi connectivity index (χ0) is 15.8. The van der Waals surface area contributed by atoms with Crippen LogP contribution in [0.25, 0.3) is 0 Å². The van der Waals surface area contributed by atoms with Crippen molar-refractivity contribution in [2.75, 3.05) is 34.3 Å². The summed E-state index contributed by atoms with van der Waals surface area (Å²) in [6.07, 6.45) is 0. The summed E-state index contributed by atoms with van der Waals surface area (Å²) < 4.78 is 34.1. The van der Waals surface area contributed by atoms with Crippen LogP contribution in [0, 0.1) is 0 Å². The highest BCUT2D eigenvalue weighted by molar-refractivity contribution is 5.78. The zero-order valence-corrected chi connectivity index (χ0v) is 12.3. The number of benzene rings is 1. The maximum atomic E-state index is 12.4. The summed E-state index contributed by atoms with van der Waals surface area (Å²) >= 11 is 0. The number of nitrogens with zero attached hydrogens (tertiary/aromatic N) is 1. The molecule has 0 heterocycles. The summed E-state index contributed by atoms with van der Waals surface area (Å²) in [5.41, 5.74) is 0.323. The molecule has 7 heteroatoms. The molecule has 0 aliphatic carbocycles. The van der Waals surface area contributed by atoms with Crippen molar-refractivity contribution in [3.8, 4) is 5.75 Å². The molecular weight excluding hydrogens is 282 g/mol. The Hall–Kier alpha value is -1.73. The van der Waals surface area contributed by atoms with Gasteiger partial charge in [-0.25, -0.2) is 4.79 Å². The van der Waals surface area contributed by atoms with Gasteiger partial charge in [0.15, 0.2) is 0 Å². The number of carbonyl (C=O) groups is 1. The van der Waals surface area contributed by atoms with E-state index in [1.807, 2.05) is 19.0 Å². The number of para-hydroxylation sites is 1. The molecule has 0 bridgehead atoms. The Balaban J connectivity index is 2.94. The van der Waals surface area contributed by atoms with Gasteiger partial charge in [-0.05, 0) is 20.2 Å². The number of ether oxygens (including phenoxy) is 2. The van der Waals surface area contributed by atoms with Crippen molar-refractivity contribution in [3.63, 3.8) is 0 Å². The first-order chi connectivity index (χ1) is 9.95. The van der Waals surface area contributed by atoms with Gasteiger partial charge in [0, 0.05) is 18.7 Å². The molecule has 0 amide bonds. The molecule has 21 heavy (non-hydrogen) atoms. The van der Waals surface area contributed by atoms with E-state index in [2.05, 4.69) is 10.1 Å². The van der Waals surface area contributed by atoms with E-state index < -0.39 is 18.6 Å². The minimum absolute atomic E-state index is 0.0414. The third-order valence-electron chi connectivity index (χ3n) is 2.79. The van der Waals surface area contributed by atoms with Crippen LogP contribution in [0.1, 0.15) is 11.6 Å². The van der Waals surface area contributed by atoms with Crippen LogP contribution in [0.2, 0.25) is 0 Å². The number of nitrogens with one attached hydrogen (secondary N) is 1. The third-order valence-corrected chi connectivity index (χ3v) is 2.79. The number of hydrogen-bond acceptors (Lipinski definition) is 5. The molecule has 0 saturated carbocycles. The van der Waals surface area contributed by atoms with Crippen LogP contribution in [-0.4, -0.2) is 51.8 Å². The van der Waals surface area contributed by atoms with Gasteiger partial charge < -0.3 is 14.4 Å². The van der Waals surface area contributed by atoms with Crippen LogP contribution in [0.5, 0.6) is 5.75 Å². The Morgan fingerprint density at radius 2 is 2.00 bits per heavy atom. The lowest BCUT2D eigenvalue weighted by molar-refractivity contribution is -0.143. The van der Waals surface area contributed by atoms with Gasteiger partial charge in [0.05, 0.1) is 7.11 Å². The molecule has 0 aliphatic heterocycles. The molecule has 1 atom stereocenters. The topological polar surface area (TPSA) is 50.8 Å². The number of carbonyl (C=O) groups excluding carboxylic acids is 1. The van der Waals surface area contributed by atoms with Gasteiger partial charge in [-0.2, -0.15) is 8.78 Å². The van der Waals surface area contributed by atoms with Gasteiger partial charge in [-0.3, -0.25) is 5.32 Å². The number of rotatable bonds is 8. The molecule has 5 nitrogen and oxygen atoms in total. The van der Waals surface area contributed by atoms with Crippen molar-refractivity contribution >= 4 is 5.97 Å². The van der Waals surface area contributed by atoms with Crippen LogP contribution < -0.4 is 10.1 Å². The lowest BCUT2D eigenvalue weighted by atomic mass is 10.1. The fourth-order valence-corrected chi connectivity index (χ4v) is 1.79. The van der Waals surface area contributed by atoms with Crippen molar-refractivity contribution in [1.82, 2.24) is 10.2 Å². The van der Waals surface area contributed by atoms with Crippen molar-refractivity contribution in [2.45, 2.75) is 12.7 Å². The SMILES string of the molecule is COC(=O)C(NCCN(C)C)c1ccccc1OC(F)F. The second-order valence-electron chi connectivity index (χ2n) is 4.63. The van der Waals surface area contributed by atoms with Crippen LogP contribution in [0.3, 0.4) is 0 Å². The summed E-state index contributed by atoms with van der Waals surface area (Å²) in [6.45, 7) is -1.77. The third kappa shape index (κ3) is 5.65. The van der Waals surface area contributed by atoms with E-state index >= 15 is 0 Å². The second-order valence-corrected chi connectivity index (χ2v) is 4.63. The van der Waals surface area contributed by atoms with Crippen LogP contribution in [0.4, 0.5) is 8.78 Å². The molecule has 0 saturated heterocycles. The van der Waals surface area contributed by atoms with Crippen molar-refractivity contribution in [2.24, 2.45) is 0 Å². The average molecular weight is 302 g/mol. The van der Waals surface area contributed by atoms with E-state index in [1.165, 1.54) is 13.2 Å². The maximum absolute atomic E-state index is 12.4. The molecule has 1 rings (SSSR count). The number of esters is 1. The predicted octanol–water partition coefficient (Wildman–Crippen LogP) is 1.65. The van der Waals surface area contributed by atoms with Gasteiger partial charge >= 0.3 is 12.6 Å². The lowest BCUT2D eigenvalue weighted by Crippen LogP contribution is -2.35. The number of hydrogen-bond donors (Lipinski definition) is 1. The van der Waals surface area contributed by atoms with Gasteiger partial charge in [0.2, 0.25) is 0 Å². The van der Waals surface area contributed by atoms with Gasteiger partial charge in [0.25, 0.3) is 0 Å². The molecule has 1 N–H and O–H groups in total. The van der Waals surface area contributed by atoms with Gasteiger partial charge in [-0.1, -0.05) is 18.2 Å². The first-order valence-electron chi connectivity index (χ1n) is 6.45. The van der Waals surface area contributed by atoms with E-state index in [4.69, 9.17) is 4.74 Å². The quantitative estimate of drug-likeness (QED) is 0.740. The number of alkyl halides is 2. The lowest BCUT2D eigenvalue weighted by Gasteiger charge is -2.20. The molecular formula is C14H20F2N2O3. The molecule has 1 aromatic rings. The molecule has 118 valence electrons. The van der Waals surface area contributed by atoms with E-state index in [1.54, 1.807) is 18.2 Å². The van der Waals surface area contributed by atoms with E-state index in [-0.39, 0.29) is 5.75 Å². The maximum Gasteiger partial charge on any atom is 0.387 e. The molecule has 1 unspecified atom stereocenters. The van der Waals surface area contributed by atoms with E-state index in [9.17, 15) is 13.6 Å². The fraction of sp³-hybridized carbons (Fsp3) is 0.500. The molecule has 0 fully saturated rings. The first kappa shape index (κ1) is 17.3. The highest BCUT2D eigenvalue weighted by Gasteiger charge is 2.25. The number of methoxy groups -OCH3 is 1. The molecule has 0 aromatic heterocycles. The normalized spacial score (nSPS) is 12.5. The Labute approximate surface area is 122 Å². The molecule has 0 aliphatic rings. The first-order valence-corrected chi connectivity index (χ1v) is 6.45. The Morgan fingerprint density at radius 1 is 1.33 bits per heavy atom. The summed E-state index contributed by atoms with van der Waals surface area (Å²) in [5, 5.41) is 2.99. The highest BCUT2D eigenvalue weighted by atomic mass is 19.3. The minimum atomic E-state index is -2.95. The highest BCUT2D eigenvalue weighted by Crippen LogP contribution is 2.27. The largest absolute Gasteiger partial charge is 0.468 e. The van der Waals surface area contributed by atoms with Crippen molar-refractivity contribution < 1.29 is 23.0 Å². The van der Waals surface area contributed by atoms with Crippen LogP contribution >= 0.6 is 0 Å². The van der Waals surface area contributed by atoms with Crippen LogP contribution in [0.15, 0.2) is 24.3 Å². The monoisotopic (exact) mass is 302 g/mol. The summed E-state index contributed by atoms with van der Waals surface area (Å²) in [4.78, 5) is 13.8. The Morgan fingerprint density at radius 3 is 2.57 bits per heavy atom. The Bertz CT molecular complexity index is 456. The predicted molar refractivity (Wildman–Crippen MR) is 74.4 cm³/mol. The van der Waals surface area contributed by atoms with Crippen molar-refractivity contribution in [1.29, 1.82) is 0 Å². The minimum Gasteiger partial charge on any atom is -0.468 e. The smallest absolute Gasteiger partial charge is 0.387 e. The zero-order valence-electron chi connectivity index (χ0n) is 12.3. The van der Waals surface area contributed by atoms with Gasteiger partial charge in [-0.15, -0.1) is 0 Å². The number of halogens is 2. The Kier molecular flexibility index (Phi) is 7.04. The van der Waals surface area contributed by atoms with Crippen molar-refractivity contribution in [3.05, 3.63) is 29.8 Å². The molecule has 0 radical (unpaired) electrons. The summed E-state index contributed by atoms with van der Waals surface area (Å²) in [6, 6.07) is 5.31. The van der Waals surface area contributed by atoms with Gasteiger partial charge in [0.1, 0.15) is 11.8 Å². The molecule has 1 aromatic carbocycles. The molecule has 0 spiro atoms. The second kappa shape index (κ2) is 8.53.